The molecule has 1 aromatic carbocycles. The summed E-state index contributed by atoms with van der Waals surface area (Å²) in [6.07, 6.45) is -0.117. The first-order valence-electron chi connectivity index (χ1n) is 5.35. The molecule has 0 amide bonds. The minimum absolute atomic E-state index is 0.103. The number of fused-ring (bicyclic) bond motifs is 3. The molecule has 0 aliphatic carbocycles. The summed E-state index contributed by atoms with van der Waals surface area (Å²) < 4.78 is 29.7. The van der Waals surface area contributed by atoms with Crippen molar-refractivity contribution >= 4 is 9.84 Å². The average Bonchev–Trinajstić information content (AvgIpc) is 2.29. The molecule has 4 nitrogen and oxygen atoms in total. The molecule has 86 valence electrons. The molecule has 3 rings (SSSR count). The fourth-order valence-corrected chi connectivity index (χ4v) is 4.21. The van der Waals surface area contributed by atoms with E-state index in [1.165, 1.54) is 0 Å². The number of nitrogens with one attached hydrogen (secondary N) is 1. The Balaban J connectivity index is 2.16. The zero-order valence-corrected chi connectivity index (χ0v) is 9.53. The largest absolute Gasteiger partial charge is 0.370 e. The van der Waals surface area contributed by atoms with Crippen LogP contribution in [-0.2, 0) is 14.6 Å². The molecule has 5 heteroatoms. The summed E-state index contributed by atoms with van der Waals surface area (Å²) in [5.41, 5.74) is 0.797. The van der Waals surface area contributed by atoms with Crippen LogP contribution < -0.4 is 5.32 Å². The SMILES string of the molecule is O=S1(=O)CC2NCCOC2c2ccccc21. The smallest absolute Gasteiger partial charge is 0.180 e. The molecule has 2 aliphatic heterocycles. The predicted molar refractivity (Wildman–Crippen MR) is 59.0 cm³/mol. The molecular formula is C11H13NO3S. The van der Waals surface area contributed by atoms with Gasteiger partial charge in [-0.3, -0.25) is 0 Å². The van der Waals surface area contributed by atoms with E-state index in [-0.39, 0.29) is 17.9 Å². The van der Waals surface area contributed by atoms with Crippen molar-refractivity contribution in [2.75, 3.05) is 18.9 Å². The van der Waals surface area contributed by atoms with Crippen LogP contribution in [-0.4, -0.2) is 33.4 Å². The topological polar surface area (TPSA) is 55.4 Å². The molecule has 2 heterocycles. The minimum Gasteiger partial charge on any atom is -0.370 e. The van der Waals surface area contributed by atoms with Crippen LogP contribution >= 0.6 is 0 Å². The fraction of sp³-hybridized carbons (Fsp3) is 0.455. The van der Waals surface area contributed by atoms with Gasteiger partial charge >= 0.3 is 0 Å². The summed E-state index contributed by atoms with van der Waals surface area (Å²) in [7, 11) is -3.15. The number of ether oxygens (including phenoxy) is 1. The Morgan fingerprint density at radius 2 is 2.12 bits per heavy atom. The van der Waals surface area contributed by atoms with Gasteiger partial charge in [-0.15, -0.1) is 0 Å². The predicted octanol–water partition coefficient (Wildman–Crippen LogP) is 0.503. The molecule has 16 heavy (non-hydrogen) atoms. The van der Waals surface area contributed by atoms with Crippen LogP contribution in [0.2, 0.25) is 0 Å². The second-order valence-electron chi connectivity index (χ2n) is 4.17. The van der Waals surface area contributed by atoms with Gasteiger partial charge in [0.05, 0.1) is 23.3 Å². The van der Waals surface area contributed by atoms with Crippen LogP contribution in [0.4, 0.5) is 0 Å². The van der Waals surface area contributed by atoms with E-state index >= 15 is 0 Å². The molecule has 2 aliphatic rings. The summed E-state index contributed by atoms with van der Waals surface area (Å²) >= 11 is 0. The van der Waals surface area contributed by atoms with Crippen LogP contribution in [0.5, 0.6) is 0 Å². The maximum atomic E-state index is 12.0. The van der Waals surface area contributed by atoms with E-state index in [1.807, 2.05) is 12.1 Å². The molecule has 1 fully saturated rings. The zero-order valence-electron chi connectivity index (χ0n) is 8.72. The molecule has 1 aromatic rings. The highest BCUT2D eigenvalue weighted by atomic mass is 32.2. The summed E-state index contributed by atoms with van der Waals surface area (Å²) in [5, 5.41) is 3.21. The highest BCUT2D eigenvalue weighted by Crippen LogP contribution is 2.35. The van der Waals surface area contributed by atoms with Crippen molar-refractivity contribution in [1.29, 1.82) is 0 Å². The molecule has 2 atom stereocenters. The van der Waals surface area contributed by atoms with E-state index in [4.69, 9.17) is 4.74 Å². The number of sulfone groups is 1. The van der Waals surface area contributed by atoms with Crippen molar-refractivity contribution in [3.63, 3.8) is 0 Å². The van der Waals surface area contributed by atoms with Crippen LogP contribution in [0.3, 0.4) is 0 Å². The van der Waals surface area contributed by atoms with Gasteiger partial charge < -0.3 is 10.1 Å². The monoisotopic (exact) mass is 239 g/mol. The molecule has 1 saturated heterocycles. The second kappa shape index (κ2) is 3.55. The second-order valence-corrected chi connectivity index (χ2v) is 6.17. The van der Waals surface area contributed by atoms with Gasteiger partial charge in [0, 0.05) is 12.1 Å². The van der Waals surface area contributed by atoms with Gasteiger partial charge in [-0.25, -0.2) is 8.42 Å². The van der Waals surface area contributed by atoms with Crippen LogP contribution in [0.25, 0.3) is 0 Å². The molecule has 0 saturated carbocycles. The van der Waals surface area contributed by atoms with Gasteiger partial charge in [0.15, 0.2) is 9.84 Å². The first-order valence-corrected chi connectivity index (χ1v) is 7.00. The summed E-state index contributed by atoms with van der Waals surface area (Å²) in [6, 6.07) is 7.02. The van der Waals surface area contributed by atoms with E-state index in [1.54, 1.807) is 12.1 Å². The van der Waals surface area contributed by atoms with Crippen molar-refractivity contribution in [2.24, 2.45) is 0 Å². The number of morpholine rings is 1. The van der Waals surface area contributed by atoms with Gasteiger partial charge in [-0.2, -0.15) is 0 Å². The standard InChI is InChI=1S/C11H13NO3S/c13-16(14)7-9-11(15-6-5-12-9)8-3-1-2-4-10(8)16/h1-4,9,11-12H,5-7H2. The van der Waals surface area contributed by atoms with Crippen molar-refractivity contribution in [1.82, 2.24) is 5.32 Å². The van der Waals surface area contributed by atoms with Gasteiger partial charge in [-0.05, 0) is 6.07 Å². The van der Waals surface area contributed by atoms with E-state index in [9.17, 15) is 8.42 Å². The Hall–Kier alpha value is -0.910. The third-order valence-electron chi connectivity index (χ3n) is 3.13. The van der Waals surface area contributed by atoms with E-state index in [0.29, 0.717) is 11.5 Å². The van der Waals surface area contributed by atoms with Crippen LogP contribution in [0, 0.1) is 0 Å². The van der Waals surface area contributed by atoms with Gasteiger partial charge in [0.2, 0.25) is 0 Å². The molecular weight excluding hydrogens is 226 g/mol. The Morgan fingerprint density at radius 3 is 3.00 bits per heavy atom. The first kappa shape index (κ1) is 10.3. The van der Waals surface area contributed by atoms with Crippen LogP contribution in [0.1, 0.15) is 11.7 Å². The van der Waals surface area contributed by atoms with E-state index in [0.717, 1.165) is 12.1 Å². The van der Waals surface area contributed by atoms with Gasteiger partial charge in [0.25, 0.3) is 0 Å². The third-order valence-corrected chi connectivity index (χ3v) is 4.97. The minimum atomic E-state index is -3.15. The van der Waals surface area contributed by atoms with Crippen molar-refractivity contribution in [3.05, 3.63) is 29.8 Å². The normalized spacial score (nSPS) is 31.5. The maximum Gasteiger partial charge on any atom is 0.180 e. The summed E-state index contributed by atoms with van der Waals surface area (Å²) in [5.74, 6) is 0.134. The van der Waals surface area contributed by atoms with Gasteiger partial charge in [0.1, 0.15) is 6.10 Å². The van der Waals surface area contributed by atoms with Crippen LogP contribution in [0.15, 0.2) is 29.2 Å². The molecule has 2 unspecified atom stereocenters. The Morgan fingerprint density at radius 1 is 1.31 bits per heavy atom. The Bertz CT molecular complexity index is 512. The molecule has 1 N–H and O–H groups in total. The zero-order chi connectivity index (χ0) is 11.2. The van der Waals surface area contributed by atoms with E-state index in [2.05, 4.69) is 5.32 Å². The number of rotatable bonds is 0. The maximum absolute atomic E-state index is 12.0. The average molecular weight is 239 g/mol. The quantitative estimate of drug-likeness (QED) is 0.716. The Labute approximate surface area is 94.5 Å². The Kier molecular flexibility index (Phi) is 2.27. The highest BCUT2D eigenvalue weighted by molar-refractivity contribution is 7.91. The van der Waals surface area contributed by atoms with Crippen molar-refractivity contribution in [2.45, 2.75) is 17.0 Å². The molecule has 0 bridgehead atoms. The lowest BCUT2D eigenvalue weighted by Gasteiger charge is -2.37. The van der Waals surface area contributed by atoms with Gasteiger partial charge in [-0.1, -0.05) is 18.2 Å². The fourth-order valence-electron chi connectivity index (χ4n) is 2.43. The molecule has 0 spiro atoms. The first-order chi connectivity index (χ1) is 7.68. The number of benzene rings is 1. The third kappa shape index (κ3) is 1.47. The lowest BCUT2D eigenvalue weighted by atomic mass is 10.0. The number of hydrogen-bond donors (Lipinski definition) is 1. The number of hydrogen-bond acceptors (Lipinski definition) is 4. The molecule has 0 aromatic heterocycles. The summed E-state index contributed by atoms with van der Waals surface area (Å²) in [4.78, 5) is 0.431. The molecule has 0 radical (unpaired) electrons. The lowest BCUT2D eigenvalue weighted by Crippen LogP contribution is -2.50. The van der Waals surface area contributed by atoms with Crippen molar-refractivity contribution < 1.29 is 13.2 Å². The summed E-state index contributed by atoms with van der Waals surface area (Å²) in [6.45, 7) is 1.36. The lowest BCUT2D eigenvalue weighted by molar-refractivity contribution is -0.00283. The van der Waals surface area contributed by atoms with Crippen molar-refractivity contribution in [3.8, 4) is 0 Å². The highest BCUT2D eigenvalue weighted by Gasteiger charge is 2.39. The van der Waals surface area contributed by atoms with E-state index < -0.39 is 9.84 Å².